The lowest BCUT2D eigenvalue weighted by Crippen LogP contribution is -2.52. The minimum Gasteiger partial charge on any atom is -0.458 e. The van der Waals surface area contributed by atoms with Gasteiger partial charge in [-0.1, -0.05) is 24.4 Å². The van der Waals surface area contributed by atoms with E-state index in [1.54, 1.807) is 27.7 Å². The van der Waals surface area contributed by atoms with Crippen LogP contribution in [-0.2, 0) is 24.3 Å². The van der Waals surface area contributed by atoms with Crippen molar-refractivity contribution in [2.75, 3.05) is 13.1 Å². The molecule has 198 valence electrons. The van der Waals surface area contributed by atoms with Crippen molar-refractivity contribution < 1.29 is 27.5 Å². The van der Waals surface area contributed by atoms with E-state index in [2.05, 4.69) is 5.32 Å². The molecule has 2 rings (SSSR count). The van der Waals surface area contributed by atoms with Gasteiger partial charge >= 0.3 is 5.97 Å². The molecule has 1 aliphatic heterocycles. The number of carbonyl (C=O) groups is 2. The first-order valence-corrected chi connectivity index (χ1v) is 13.8. The average molecular weight is 531 g/mol. The molecule has 1 fully saturated rings. The van der Waals surface area contributed by atoms with Crippen LogP contribution in [0.5, 0.6) is 0 Å². The maximum Gasteiger partial charge on any atom is 0.331 e. The smallest absolute Gasteiger partial charge is 0.331 e. The van der Waals surface area contributed by atoms with Gasteiger partial charge in [0.25, 0.3) is 5.91 Å². The molecule has 1 saturated heterocycles. The lowest BCUT2D eigenvalue weighted by atomic mass is 10.1. The van der Waals surface area contributed by atoms with Crippen LogP contribution in [0.25, 0.3) is 0 Å². The Morgan fingerprint density at radius 1 is 1.00 bits per heavy atom. The second-order valence-corrected chi connectivity index (χ2v) is 13.2. The number of hydrogen-bond donors (Lipinski definition) is 1. The summed E-state index contributed by atoms with van der Waals surface area (Å²) in [6.07, 6.45) is 2.80. The zero-order valence-electron chi connectivity index (χ0n) is 21.8. The summed E-state index contributed by atoms with van der Waals surface area (Å²) < 4.78 is 39.5. The van der Waals surface area contributed by atoms with E-state index in [4.69, 9.17) is 21.1 Å². The van der Waals surface area contributed by atoms with E-state index in [1.165, 1.54) is 22.5 Å². The first-order valence-electron chi connectivity index (χ1n) is 12.0. The molecule has 1 heterocycles. The molecule has 10 heteroatoms. The Balaban J connectivity index is 2.34. The third-order valence-electron chi connectivity index (χ3n) is 5.33. The van der Waals surface area contributed by atoms with Gasteiger partial charge in [0.2, 0.25) is 10.0 Å². The quantitative estimate of drug-likeness (QED) is 0.519. The van der Waals surface area contributed by atoms with Crippen molar-refractivity contribution in [2.24, 2.45) is 0 Å². The fraction of sp³-hybridized carbons (Fsp3) is 0.680. The van der Waals surface area contributed by atoms with E-state index in [9.17, 15) is 18.0 Å². The Hall–Kier alpha value is -1.68. The summed E-state index contributed by atoms with van der Waals surface area (Å²) in [7, 11) is -3.88. The number of ether oxygens (including phenoxy) is 2. The molecule has 1 amide bonds. The highest BCUT2D eigenvalue weighted by Crippen LogP contribution is 2.28. The van der Waals surface area contributed by atoms with E-state index in [0.29, 0.717) is 13.1 Å². The van der Waals surface area contributed by atoms with Gasteiger partial charge in [-0.25, -0.2) is 13.2 Å². The van der Waals surface area contributed by atoms with Gasteiger partial charge in [0.05, 0.1) is 16.7 Å². The second kappa shape index (κ2) is 11.6. The van der Waals surface area contributed by atoms with Crippen LogP contribution in [0, 0.1) is 0 Å². The van der Waals surface area contributed by atoms with Crippen LogP contribution >= 0.6 is 11.6 Å². The summed E-state index contributed by atoms with van der Waals surface area (Å²) in [4.78, 5) is 26.0. The zero-order valence-corrected chi connectivity index (χ0v) is 23.4. The van der Waals surface area contributed by atoms with Crippen LogP contribution in [0.3, 0.4) is 0 Å². The number of sulfonamides is 1. The van der Waals surface area contributed by atoms with Gasteiger partial charge in [0.15, 0.2) is 6.04 Å². The number of benzene rings is 1. The normalized spacial score (nSPS) is 17.8. The number of carbonyl (C=O) groups excluding carboxylic acids is 2. The monoisotopic (exact) mass is 530 g/mol. The van der Waals surface area contributed by atoms with Crippen LogP contribution in [0.2, 0.25) is 5.02 Å². The molecule has 1 aliphatic rings. The first kappa shape index (κ1) is 29.5. The Bertz CT molecular complexity index is 1010. The lowest BCUT2D eigenvalue weighted by Gasteiger charge is -2.32. The molecular formula is C25H39ClN2O6S. The molecule has 0 saturated carbocycles. The van der Waals surface area contributed by atoms with Crippen molar-refractivity contribution in [3.63, 3.8) is 0 Å². The van der Waals surface area contributed by atoms with E-state index in [1.807, 2.05) is 20.8 Å². The summed E-state index contributed by atoms with van der Waals surface area (Å²) in [6, 6.07) is 2.97. The van der Waals surface area contributed by atoms with Crippen molar-refractivity contribution in [3.8, 4) is 0 Å². The van der Waals surface area contributed by atoms with Crippen LogP contribution < -0.4 is 5.32 Å². The van der Waals surface area contributed by atoms with Crippen molar-refractivity contribution in [1.82, 2.24) is 9.62 Å². The number of amides is 1. The number of nitrogens with zero attached hydrogens (tertiary/aromatic N) is 1. The summed E-state index contributed by atoms with van der Waals surface area (Å²) in [5.74, 6) is -1.27. The van der Waals surface area contributed by atoms with Crippen molar-refractivity contribution in [3.05, 3.63) is 28.8 Å². The summed E-state index contributed by atoms with van der Waals surface area (Å²) >= 11 is 6.27. The molecular weight excluding hydrogens is 492 g/mol. The van der Waals surface area contributed by atoms with Crippen LogP contribution in [0.15, 0.2) is 23.1 Å². The summed E-state index contributed by atoms with van der Waals surface area (Å²) in [5, 5.41) is 2.72. The Kier molecular flexibility index (Phi) is 9.78. The van der Waals surface area contributed by atoms with Gasteiger partial charge in [0, 0.05) is 18.7 Å². The molecule has 8 nitrogen and oxygen atoms in total. The van der Waals surface area contributed by atoms with Crippen LogP contribution in [0.1, 0.15) is 84.5 Å². The Labute approximate surface area is 214 Å². The van der Waals surface area contributed by atoms with E-state index in [-0.39, 0.29) is 15.5 Å². The lowest BCUT2D eigenvalue weighted by molar-refractivity contribution is -0.164. The van der Waals surface area contributed by atoms with Gasteiger partial charge < -0.3 is 14.8 Å². The van der Waals surface area contributed by atoms with E-state index in [0.717, 1.165) is 25.7 Å². The van der Waals surface area contributed by atoms with Gasteiger partial charge in [-0.05, 0) is 79.5 Å². The molecule has 0 unspecified atom stereocenters. The SMILES string of the molecule is C[C@@H](OC(C)(C)C)[C@H](NC(=O)c1ccc(Cl)c(S(=O)(=O)N2CCCCCC2)c1)C(=O)OC(C)(C)C. The summed E-state index contributed by atoms with van der Waals surface area (Å²) in [6.45, 7) is 13.2. The molecule has 1 aromatic carbocycles. The number of rotatable bonds is 7. The zero-order chi connectivity index (χ0) is 26.6. The third kappa shape index (κ3) is 8.74. The van der Waals surface area contributed by atoms with Gasteiger partial charge in [-0.2, -0.15) is 4.31 Å². The number of halogens is 1. The van der Waals surface area contributed by atoms with Crippen molar-refractivity contribution in [1.29, 1.82) is 0 Å². The minimum absolute atomic E-state index is 0.0407. The van der Waals surface area contributed by atoms with E-state index < -0.39 is 45.2 Å². The molecule has 0 bridgehead atoms. The molecule has 0 radical (unpaired) electrons. The van der Waals surface area contributed by atoms with E-state index >= 15 is 0 Å². The van der Waals surface area contributed by atoms with Crippen LogP contribution in [0.4, 0.5) is 0 Å². The third-order valence-corrected chi connectivity index (χ3v) is 7.71. The fourth-order valence-corrected chi connectivity index (χ4v) is 5.86. The van der Waals surface area contributed by atoms with Gasteiger partial charge in [-0.15, -0.1) is 0 Å². The number of esters is 1. The molecule has 0 aliphatic carbocycles. The molecule has 1 N–H and O–H groups in total. The Morgan fingerprint density at radius 2 is 1.57 bits per heavy atom. The fourth-order valence-electron chi connectivity index (χ4n) is 3.85. The highest BCUT2D eigenvalue weighted by molar-refractivity contribution is 7.89. The molecule has 0 spiro atoms. The minimum atomic E-state index is -3.88. The Morgan fingerprint density at radius 3 is 2.09 bits per heavy atom. The number of nitrogens with one attached hydrogen (secondary N) is 1. The summed E-state index contributed by atoms with van der Waals surface area (Å²) in [5.41, 5.74) is -1.27. The standard InChI is InChI=1S/C25H39ClN2O6S/c1-17(33-24(2,3)4)21(23(30)34-25(5,6)7)27-22(29)18-12-13-19(26)20(16-18)35(31,32)28-14-10-8-9-11-15-28/h12-13,16-17,21H,8-11,14-15H2,1-7H3,(H,27,29)/t17-,21+/m1/s1. The maximum atomic E-state index is 13.3. The highest BCUT2D eigenvalue weighted by Gasteiger charge is 2.35. The highest BCUT2D eigenvalue weighted by atomic mass is 35.5. The van der Waals surface area contributed by atoms with Crippen LogP contribution in [-0.4, -0.2) is 61.0 Å². The first-order chi connectivity index (χ1) is 16.0. The molecule has 0 aromatic heterocycles. The van der Waals surface area contributed by atoms with Crippen molar-refractivity contribution in [2.45, 2.75) is 102 Å². The molecule has 2 atom stereocenters. The predicted octanol–water partition coefficient (Wildman–Crippen LogP) is 4.55. The number of hydrogen-bond acceptors (Lipinski definition) is 6. The van der Waals surface area contributed by atoms with Gasteiger partial charge in [-0.3, -0.25) is 4.79 Å². The largest absolute Gasteiger partial charge is 0.458 e. The van der Waals surface area contributed by atoms with Gasteiger partial charge in [0.1, 0.15) is 10.5 Å². The second-order valence-electron chi connectivity index (χ2n) is 10.9. The molecule has 1 aromatic rings. The molecule has 35 heavy (non-hydrogen) atoms. The van der Waals surface area contributed by atoms with Crippen molar-refractivity contribution >= 4 is 33.5 Å². The topological polar surface area (TPSA) is 102 Å². The maximum absolute atomic E-state index is 13.3. The average Bonchev–Trinajstić information content (AvgIpc) is 2.99. The predicted molar refractivity (Wildman–Crippen MR) is 136 cm³/mol.